The van der Waals surface area contributed by atoms with Crippen LogP contribution in [0.2, 0.25) is 0 Å². The molecule has 122 valence electrons. The summed E-state index contributed by atoms with van der Waals surface area (Å²) in [6, 6.07) is 8.84. The molecule has 0 aliphatic heterocycles. The summed E-state index contributed by atoms with van der Waals surface area (Å²) >= 11 is 6.31. The zero-order valence-electron chi connectivity index (χ0n) is 12.5. The van der Waals surface area contributed by atoms with Crippen LogP contribution >= 0.6 is 67.8 Å². The number of rotatable bonds is 5. The maximum atomic E-state index is 11.1. The molecule has 0 fully saturated rings. The molecule has 2 atom stereocenters. The summed E-state index contributed by atoms with van der Waals surface area (Å²) in [6.07, 6.45) is 0. The van der Waals surface area contributed by atoms with Gasteiger partial charge in [-0.3, -0.25) is 4.79 Å². The van der Waals surface area contributed by atoms with Crippen LogP contribution in [-0.2, 0) is 4.79 Å². The predicted octanol–water partition coefficient (Wildman–Crippen LogP) is 0.654. The summed E-state index contributed by atoms with van der Waals surface area (Å²) in [5.41, 5.74) is 6.57. The van der Waals surface area contributed by atoms with Crippen LogP contribution in [0.4, 0.5) is 0 Å². The molecule has 0 aromatic heterocycles. The Labute approximate surface area is 202 Å². The van der Waals surface area contributed by atoms with Crippen molar-refractivity contribution in [3.63, 3.8) is 0 Å². The van der Waals surface area contributed by atoms with Crippen molar-refractivity contribution >= 4 is 73.7 Å². The fraction of sp³-hybridized carbons (Fsp3) is 0.133. The molecule has 24 heavy (non-hydrogen) atoms. The number of benzene rings is 2. The number of hydrogen-bond donors (Lipinski definition) is 2. The summed E-state index contributed by atoms with van der Waals surface area (Å²) in [5.74, 6) is 0.102. The molecule has 0 aliphatic rings. The molecule has 2 aromatic rings. The van der Waals surface area contributed by atoms with Gasteiger partial charge in [0.15, 0.2) is 0 Å². The van der Waals surface area contributed by atoms with Crippen molar-refractivity contribution in [1.29, 1.82) is 0 Å². The van der Waals surface area contributed by atoms with E-state index in [1.807, 2.05) is 34.7 Å². The normalized spacial score (nSPS) is 12.8. The molecule has 3 N–H and O–H groups in total. The molecule has 0 saturated heterocycles. The number of carbonyl (C=O) groups is 1. The van der Waals surface area contributed by atoms with E-state index in [9.17, 15) is 9.90 Å². The van der Waals surface area contributed by atoms with Crippen molar-refractivity contribution in [2.24, 2.45) is 5.73 Å². The van der Waals surface area contributed by atoms with Crippen LogP contribution in [-0.4, -0.2) is 17.1 Å². The minimum absolute atomic E-state index is 0. The number of alkyl halides is 1. The molecule has 5 nitrogen and oxygen atoms in total. The Bertz CT molecular complexity index is 727. The molecule has 2 aromatic carbocycles. The second kappa shape index (κ2) is 10.1. The first-order valence-corrected chi connectivity index (χ1v) is 9.76. The number of carboxylic acid groups (broad SMARTS) is 1. The van der Waals surface area contributed by atoms with Gasteiger partial charge in [-0.25, -0.2) is 0 Å². The van der Waals surface area contributed by atoms with E-state index >= 15 is 0 Å². The van der Waals surface area contributed by atoms with E-state index in [0.717, 1.165) is 12.7 Å². The maximum Gasteiger partial charge on any atom is 1.00 e. The minimum Gasteiger partial charge on any atom is -0.872 e. The third kappa shape index (κ3) is 5.84. The monoisotopic (exact) mass is 673 g/mol. The molecule has 0 amide bonds. The maximum absolute atomic E-state index is 11.1. The Balaban J connectivity index is 0.00000288. The van der Waals surface area contributed by atoms with Gasteiger partial charge in [-0.15, -0.1) is 5.75 Å². The molecule has 0 radical (unpaired) electrons. The molecule has 0 saturated carbocycles. The molecule has 0 heterocycles. The Morgan fingerprint density at radius 2 is 1.75 bits per heavy atom. The topological polar surface area (TPSA) is 95.6 Å². The van der Waals surface area contributed by atoms with Gasteiger partial charge >= 0.3 is 35.5 Å². The van der Waals surface area contributed by atoms with Gasteiger partial charge in [0.1, 0.15) is 17.5 Å². The van der Waals surface area contributed by atoms with E-state index < -0.39 is 12.0 Å². The van der Waals surface area contributed by atoms with E-state index in [1.54, 1.807) is 12.1 Å². The summed E-state index contributed by atoms with van der Waals surface area (Å²) < 4.78 is 7.15. The number of carboxylic acids is 1. The molecular formula is C15H11I3NNaO4. The van der Waals surface area contributed by atoms with E-state index in [2.05, 4.69) is 45.2 Å². The van der Waals surface area contributed by atoms with Gasteiger partial charge in [-0.05, 0) is 75.0 Å². The van der Waals surface area contributed by atoms with Gasteiger partial charge in [-0.2, -0.15) is 0 Å². The second-order valence-corrected chi connectivity index (χ2v) is 8.31. The van der Waals surface area contributed by atoms with Gasteiger partial charge in [0.25, 0.3) is 0 Å². The molecular weight excluding hydrogens is 662 g/mol. The number of hydrogen-bond acceptors (Lipinski definition) is 4. The predicted molar refractivity (Wildman–Crippen MR) is 110 cm³/mol. The largest absolute Gasteiger partial charge is 1.00 e. The van der Waals surface area contributed by atoms with Crippen LogP contribution in [0.25, 0.3) is 0 Å². The first-order chi connectivity index (χ1) is 10.8. The fourth-order valence-electron chi connectivity index (χ4n) is 1.79. The SMILES string of the molecule is N[C@@H](C(=O)O)C(I)c1cc(I)c(Oc2ccc([O-])cc2)cc1I.[Na+]. The van der Waals surface area contributed by atoms with Crippen LogP contribution in [0, 0.1) is 7.14 Å². The molecule has 9 heteroatoms. The molecule has 0 spiro atoms. The molecule has 2 rings (SSSR count). The Morgan fingerprint density at radius 1 is 1.17 bits per heavy atom. The summed E-state index contributed by atoms with van der Waals surface area (Å²) in [5, 5.41) is 20.2. The smallest absolute Gasteiger partial charge is 0.872 e. The van der Waals surface area contributed by atoms with Gasteiger partial charge in [-0.1, -0.05) is 34.7 Å². The molecule has 0 aliphatic carbocycles. The fourth-order valence-corrected chi connectivity index (χ4v) is 4.58. The van der Waals surface area contributed by atoms with Crippen molar-refractivity contribution < 1.29 is 49.3 Å². The quantitative estimate of drug-likeness (QED) is 0.277. The summed E-state index contributed by atoms with van der Waals surface area (Å²) in [6.45, 7) is 0. The van der Waals surface area contributed by atoms with Crippen molar-refractivity contribution in [3.05, 3.63) is 49.1 Å². The van der Waals surface area contributed by atoms with Crippen molar-refractivity contribution in [2.45, 2.75) is 9.97 Å². The Hall–Kier alpha value is 0.660. The van der Waals surface area contributed by atoms with E-state index in [1.165, 1.54) is 12.1 Å². The average molecular weight is 673 g/mol. The first kappa shape index (κ1) is 22.7. The standard InChI is InChI=1S/C15H12I3NO4.Na/c16-10-6-12(23-8-3-1-7(20)2-4-8)11(17)5-9(10)13(18)14(19)15(21)22;/h1-6,13-14,20H,19H2,(H,21,22);/q;+1/p-1/t13?,14-;/m1./s1. The van der Waals surface area contributed by atoms with E-state index in [-0.39, 0.29) is 39.2 Å². The van der Waals surface area contributed by atoms with Crippen molar-refractivity contribution in [3.8, 4) is 17.2 Å². The number of ether oxygens (including phenoxy) is 1. The minimum atomic E-state index is -1.03. The van der Waals surface area contributed by atoms with Gasteiger partial charge in [0.2, 0.25) is 0 Å². The van der Waals surface area contributed by atoms with Crippen LogP contribution in [0.5, 0.6) is 17.2 Å². The van der Waals surface area contributed by atoms with Crippen molar-refractivity contribution in [1.82, 2.24) is 0 Å². The van der Waals surface area contributed by atoms with Gasteiger partial charge < -0.3 is 20.7 Å². The Kier molecular flexibility index (Phi) is 9.57. The summed E-state index contributed by atoms with van der Waals surface area (Å²) in [4.78, 5) is 11.1. The number of halogens is 3. The molecule has 0 bridgehead atoms. The number of aliphatic carboxylic acids is 1. The van der Waals surface area contributed by atoms with Crippen LogP contribution in [0.15, 0.2) is 36.4 Å². The second-order valence-electron chi connectivity index (χ2n) is 4.64. The van der Waals surface area contributed by atoms with Crippen LogP contribution in [0.1, 0.15) is 9.49 Å². The molecule has 1 unspecified atom stereocenters. The summed E-state index contributed by atoms with van der Waals surface area (Å²) in [7, 11) is 0. The zero-order chi connectivity index (χ0) is 17.1. The zero-order valence-corrected chi connectivity index (χ0v) is 21.0. The first-order valence-electron chi connectivity index (χ1n) is 6.36. The van der Waals surface area contributed by atoms with Crippen molar-refractivity contribution in [2.75, 3.05) is 0 Å². The van der Waals surface area contributed by atoms with E-state index in [4.69, 9.17) is 15.6 Å². The van der Waals surface area contributed by atoms with Gasteiger partial charge in [0, 0.05) is 3.57 Å². The number of nitrogens with two attached hydrogens (primary N) is 1. The average Bonchev–Trinajstić information content (AvgIpc) is 2.51. The van der Waals surface area contributed by atoms with Crippen LogP contribution < -0.4 is 45.1 Å². The van der Waals surface area contributed by atoms with Crippen LogP contribution in [0.3, 0.4) is 0 Å². The Morgan fingerprint density at radius 3 is 2.29 bits per heavy atom. The third-order valence-electron chi connectivity index (χ3n) is 3.00. The third-order valence-corrected chi connectivity index (χ3v) is 6.22. The van der Waals surface area contributed by atoms with Gasteiger partial charge in [0.05, 0.1) is 7.49 Å². The van der Waals surface area contributed by atoms with E-state index in [0.29, 0.717) is 11.5 Å².